The minimum atomic E-state index is -0.301. The van der Waals surface area contributed by atoms with E-state index in [2.05, 4.69) is 40.0 Å². The van der Waals surface area contributed by atoms with Crippen molar-refractivity contribution in [1.82, 2.24) is 9.88 Å². The highest BCUT2D eigenvalue weighted by molar-refractivity contribution is 7.09. The third kappa shape index (κ3) is 6.30. The first-order valence-electron chi connectivity index (χ1n) is 11.2. The Hall–Kier alpha value is -2.97. The number of halogens is 1. The number of carbonyl (C=O) groups is 1. The van der Waals surface area contributed by atoms with Gasteiger partial charge in [-0.05, 0) is 61.5 Å². The number of thiazole rings is 1. The molecule has 0 atom stereocenters. The number of amides is 1. The molecule has 0 radical (unpaired) electrons. The van der Waals surface area contributed by atoms with Crippen LogP contribution in [-0.4, -0.2) is 48.5 Å². The Balaban J connectivity index is 1.28. The van der Waals surface area contributed by atoms with Gasteiger partial charge in [0.15, 0.2) is 0 Å². The van der Waals surface area contributed by atoms with Gasteiger partial charge < -0.3 is 19.9 Å². The molecule has 3 aromatic rings. The average molecular weight is 469 g/mol. The lowest BCUT2D eigenvalue weighted by atomic mass is 10.1. The van der Waals surface area contributed by atoms with E-state index in [1.165, 1.54) is 29.2 Å². The lowest BCUT2D eigenvalue weighted by Gasteiger charge is -2.36. The Bertz CT molecular complexity index is 1080. The number of ether oxygens (including phenoxy) is 1. The van der Waals surface area contributed by atoms with Crippen molar-refractivity contribution in [2.75, 3.05) is 42.9 Å². The number of likely N-dealkylation sites (N-methyl/N-ethyl adjacent to an activating group) is 1. The van der Waals surface area contributed by atoms with Crippen LogP contribution in [0, 0.1) is 12.7 Å². The minimum absolute atomic E-state index is 0.102. The van der Waals surface area contributed by atoms with Crippen molar-refractivity contribution in [2.45, 2.75) is 26.9 Å². The molecule has 0 unspecified atom stereocenters. The van der Waals surface area contributed by atoms with Gasteiger partial charge in [0.25, 0.3) is 0 Å². The van der Waals surface area contributed by atoms with Crippen LogP contribution in [-0.2, 0) is 17.8 Å². The summed E-state index contributed by atoms with van der Waals surface area (Å²) < 4.78 is 18.6. The van der Waals surface area contributed by atoms with Gasteiger partial charge in [0.05, 0.1) is 12.1 Å². The van der Waals surface area contributed by atoms with Crippen molar-refractivity contribution in [1.29, 1.82) is 0 Å². The van der Waals surface area contributed by atoms with E-state index in [9.17, 15) is 9.18 Å². The van der Waals surface area contributed by atoms with Crippen LogP contribution >= 0.6 is 11.3 Å². The highest BCUT2D eigenvalue weighted by Crippen LogP contribution is 2.25. The molecule has 1 aromatic heterocycles. The zero-order chi connectivity index (χ0) is 23.2. The van der Waals surface area contributed by atoms with E-state index in [1.54, 1.807) is 12.1 Å². The summed E-state index contributed by atoms with van der Waals surface area (Å²) in [6.45, 7) is 9.88. The number of benzene rings is 2. The van der Waals surface area contributed by atoms with Gasteiger partial charge >= 0.3 is 0 Å². The molecule has 1 saturated heterocycles. The molecule has 2 aromatic carbocycles. The van der Waals surface area contributed by atoms with E-state index >= 15 is 0 Å². The molecule has 0 aliphatic carbocycles. The van der Waals surface area contributed by atoms with E-state index in [4.69, 9.17) is 4.74 Å². The van der Waals surface area contributed by atoms with Gasteiger partial charge in [0, 0.05) is 42.9 Å². The predicted octanol–water partition coefficient (Wildman–Crippen LogP) is 4.49. The number of rotatable bonds is 8. The van der Waals surface area contributed by atoms with Crippen LogP contribution in [0.4, 0.5) is 15.8 Å². The second kappa shape index (κ2) is 10.8. The Kier molecular flexibility index (Phi) is 7.57. The van der Waals surface area contributed by atoms with Gasteiger partial charge in [0.2, 0.25) is 5.91 Å². The van der Waals surface area contributed by atoms with Crippen LogP contribution in [0.2, 0.25) is 0 Å². The Labute approximate surface area is 198 Å². The fraction of sp³-hybridized carbons (Fsp3) is 0.360. The van der Waals surface area contributed by atoms with Crippen molar-refractivity contribution >= 4 is 28.6 Å². The van der Waals surface area contributed by atoms with Crippen molar-refractivity contribution in [2.24, 2.45) is 0 Å². The second-order valence-corrected chi connectivity index (χ2v) is 9.07. The standard InChI is InChI=1S/C25H29FN4O2S/c1-3-29-10-12-30(13-11-29)23-9-6-20(14-18(23)2)27-24(31)15-21-17-33-25(28-21)16-32-22-7-4-19(26)5-8-22/h4-9,14,17H,3,10-13,15-16H2,1-2H3,(H,27,31). The molecule has 33 heavy (non-hydrogen) atoms. The number of nitrogens with zero attached hydrogens (tertiary/aromatic N) is 3. The quantitative estimate of drug-likeness (QED) is 0.528. The molecule has 1 aliphatic rings. The molecule has 1 fully saturated rings. The summed E-state index contributed by atoms with van der Waals surface area (Å²) in [6.07, 6.45) is 0.201. The maximum Gasteiger partial charge on any atom is 0.230 e. The minimum Gasteiger partial charge on any atom is -0.486 e. The number of aromatic nitrogens is 1. The van der Waals surface area contributed by atoms with Crippen molar-refractivity contribution in [3.05, 3.63) is 69.9 Å². The highest BCUT2D eigenvalue weighted by Gasteiger charge is 2.17. The molecule has 2 heterocycles. The topological polar surface area (TPSA) is 57.7 Å². The van der Waals surface area contributed by atoms with Gasteiger partial charge in [0.1, 0.15) is 23.2 Å². The summed E-state index contributed by atoms with van der Waals surface area (Å²) in [4.78, 5) is 21.9. The van der Waals surface area contributed by atoms with Gasteiger partial charge in [-0.2, -0.15) is 0 Å². The summed E-state index contributed by atoms with van der Waals surface area (Å²) in [5.74, 6) is 0.177. The lowest BCUT2D eigenvalue weighted by molar-refractivity contribution is -0.115. The Morgan fingerprint density at radius 3 is 2.61 bits per heavy atom. The molecule has 1 amide bonds. The molecule has 6 nitrogen and oxygen atoms in total. The SMILES string of the molecule is CCN1CCN(c2ccc(NC(=O)Cc3csc(COc4ccc(F)cc4)n3)cc2C)CC1. The first-order chi connectivity index (χ1) is 16.0. The Morgan fingerprint density at radius 2 is 1.91 bits per heavy atom. The van der Waals surface area contributed by atoms with Gasteiger partial charge in [-0.3, -0.25) is 4.79 Å². The number of hydrogen-bond acceptors (Lipinski definition) is 6. The normalized spacial score (nSPS) is 14.3. The van der Waals surface area contributed by atoms with Crippen LogP contribution in [0.25, 0.3) is 0 Å². The molecule has 8 heteroatoms. The Morgan fingerprint density at radius 1 is 1.15 bits per heavy atom. The number of carbonyl (C=O) groups excluding carboxylic acids is 1. The predicted molar refractivity (Wildman–Crippen MR) is 131 cm³/mol. The van der Waals surface area contributed by atoms with Crippen molar-refractivity contribution < 1.29 is 13.9 Å². The molecule has 0 saturated carbocycles. The molecule has 174 valence electrons. The maximum absolute atomic E-state index is 13.0. The molecule has 0 bridgehead atoms. The lowest BCUT2D eigenvalue weighted by Crippen LogP contribution is -2.46. The van der Waals surface area contributed by atoms with Crippen molar-refractivity contribution in [3.63, 3.8) is 0 Å². The molecule has 1 aliphatic heterocycles. The summed E-state index contributed by atoms with van der Waals surface area (Å²) >= 11 is 1.44. The zero-order valence-electron chi connectivity index (χ0n) is 19.0. The highest BCUT2D eigenvalue weighted by atomic mass is 32.1. The molecule has 1 N–H and O–H groups in total. The van der Waals surface area contributed by atoms with Crippen LogP contribution in [0.15, 0.2) is 47.8 Å². The van der Waals surface area contributed by atoms with Crippen LogP contribution in [0.3, 0.4) is 0 Å². The maximum atomic E-state index is 13.0. The van der Waals surface area contributed by atoms with Gasteiger partial charge in [-0.15, -0.1) is 11.3 Å². The van der Waals surface area contributed by atoms with Crippen LogP contribution in [0.1, 0.15) is 23.2 Å². The smallest absolute Gasteiger partial charge is 0.230 e. The number of aryl methyl sites for hydroxylation is 1. The van der Waals surface area contributed by atoms with E-state index in [1.807, 2.05) is 17.5 Å². The van der Waals surface area contributed by atoms with Crippen LogP contribution < -0.4 is 15.0 Å². The van der Waals surface area contributed by atoms with E-state index < -0.39 is 0 Å². The van der Waals surface area contributed by atoms with Crippen LogP contribution in [0.5, 0.6) is 5.75 Å². The zero-order valence-corrected chi connectivity index (χ0v) is 19.8. The number of piperazine rings is 1. The largest absolute Gasteiger partial charge is 0.486 e. The number of nitrogens with one attached hydrogen (secondary N) is 1. The molecule has 0 spiro atoms. The second-order valence-electron chi connectivity index (χ2n) is 8.12. The molecular formula is C25H29FN4O2S. The summed E-state index contributed by atoms with van der Waals surface area (Å²) in [5, 5.41) is 5.62. The van der Waals surface area contributed by atoms with Gasteiger partial charge in [-0.25, -0.2) is 9.37 Å². The first kappa shape index (κ1) is 23.2. The number of anilines is 2. The van der Waals surface area contributed by atoms with E-state index in [0.717, 1.165) is 49.0 Å². The fourth-order valence-corrected chi connectivity index (χ4v) is 4.64. The molecule has 4 rings (SSSR count). The molecular weight excluding hydrogens is 439 g/mol. The number of hydrogen-bond donors (Lipinski definition) is 1. The summed E-state index contributed by atoms with van der Waals surface area (Å²) in [7, 11) is 0. The third-order valence-electron chi connectivity index (χ3n) is 5.76. The van der Waals surface area contributed by atoms with Crippen molar-refractivity contribution in [3.8, 4) is 5.75 Å². The first-order valence-corrected chi connectivity index (χ1v) is 12.1. The summed E-state index contributed by atoms with van der Waals surface area (Å²) in [6, 6.07) is 12.0. The fourth-order valence-electron chi connectivity index (χ4n) is 3.94. The van der Waals surface area contributed by atoms with E-state index in [-0.39, 0.29) is 24.8 Å². The third-order valence-corrected chi connectivity index (χ3v) is 6.63. The summed E-state index contributed by atoms with van der Waals surface area (Å²) in [5.41, 5.74) is 3.89. The monoisotopic (exact) mass is 468 g/mol. The average Bonchev–Trinajstić information content (AvgIpc) is 3.26. The van der Waals surface area contributed by atoms with Gasteiger partial charge in [-0.1, -0.05) is 6.92 Å². The van der Waals surface area contributed by atoms with E-state index in [0.29, 0.717) is 11.4 Å².